The van der Waals surface area contributed by atoms with E-state index in [1.54, 1.807) is 6.07 Å². The summed E-state index contributed by atoms with van der Waals surface area (Å²) in [6.45, 7) is 0.879. The lowest BCUT2D eigenvalue weighted by Gasteiger charge is -2.14. The predicted octanol–water partition coefficient (Wildman–Crippen LogP) is 5.29. The molecule has 19 heavy (non-hydrogen) atoms. The maximum atomic E-state index is 6.16. The monoisotopic (exact) mass is 309 g/mol. The van der Waals surface area contributed by atoms with Crippen LogP contribution in [0.25, 0.3) is 0 Å². The molecular formula is C15H13Cl2NS. The lowest BCUT2D eigenvalue weighted by Crippen LogP contribution is -2.12. The van der Waals surface area contributed by atoms with Crippen molar-refractivity contribution in [3.05, 3.63) is 58.1 Å². The van der Waals surface area contributed by atoms with Gasteiger partial charge in [0.15, 0.2) is 0 Å². The van der Waals surface area contributed by atoms with Crippen molar-refractivity contribution in [2.45, 2.75) is 10.8 Å². The smallest absolute Gasteiger partial charge is 0.0638 e. The number of rotatable bonds is 3. The first-order valence-corrected chi connectivity index (χ1v) is 7.89. The standard InChI is InChI=1S/C15H13Cl2NS/c16-11-5-6-13(17)14(7-11)18-8-10-9-19-15-4-2-1-3-12(10)15/h1-7,10,18H,8-9H2. The van der Waals surface area contributed by atoms with Crippen LogP contribution in [0, 0.1) is 0 Å². The fraction of sp³-hybridized carbons (Fsp3) is 0.200. The lowest BCUT2D eigenvalue weighted by molar-refractivity contribution is 0.819. The SMILES string of the molecule is Clc1ccc(Cl)c(NCC2CSc3ccccc32)c1. The minimum absolute atomic E-state index is 0.524. The predicted molar refractivity (Wildman–Crippen MR) is 84.9 cm³/mol. The van der Waals surface area contributed by atoms with E-state index in [1.165, 1.54) is 10.5 Å². The molecule has 2 aromatic carbocycles. The first-order chi connectivity index (χ1) is 9.24. The van der Waals surface area contributed by atoms with Gasteiger partial charge < -0.3 is 5.32 Å². The Labute approximate surface area is 127 Å². The van der Waals surface area contributed by atoms with E-state index in [1.807, 2.05) is 23.9 Å². The third-order valence-corrected chi connectivity index (χ3v) is 5.08. The van der Waals surface area contributed by atoms with E-state index in [4.69, 9.17) is 23.2 Å². The van der Waals surface area contributed by atoms with Gasteiger partial charge in [-0.3, -0.25) is 0 Å². The summed E-state index contributed by atoms with van der Waals surface area (Å²) in [5.74, 6) is 1.64. The number of nitrogens with one attached hydrogen (secondary N) is 1. The van der Waals surface area contributed by atoms with Gasteiger partial charge in [0.2, 0.25) is 0 Å². The van der Waals surface area contributed by atoms with Crippen molar-refractivity contribution >= 4 is 40.7 Å². The zero-order chi connectivity index (χ0) is 13.2. The van der Waals surface area contributed by atoms with Crippen molar-refractivity contribution in [2.75, 3.05) is 17.6 Å². The summed E-state index contributed by atoms with van der Waals surface area (Å²) in [7, 11) is 0. The van der Waals surface area contributed by atoms with Gasteiger partial charge >= 0.3 is 0 Å². The molecule has 1 heterocycles. The van der Waals surface area contributed by atoms with Crippen molar-refractivity contribution < 1.29 is 0 Å². The summed E-state index contributed by atoms with van der Waals surface area (Å²) in [4.78, 5) is 1.39. The Morgan fingerprint density at radius 1 is 1.16 bits per heavy atom. The molecule has 0 saturated carbocycles. The highest BCUT2D eigenvalue weighted by Gasteiger charge is 2.22. The molecule has 0 aliphatic carbocycles. The molecule has 3 rings (SSSR count). The molecule has 0 radical (unpaired) electrons. The summed E-state index contributed by atoms with van der Waals surface area (Å²) in [5.41, 5.74) is 2.33. The van der Waals surface area contributed by atoms with Crippen molar-refractivity contribution in [3.63, 3.8) is 0 Å². The van der Waals surface area contributed by atoms with E-state index in [0.29, 0.717) is 16.0 Å². The second kappa shape index (κ2) is 5.66. The molecule has 0 aromatic heterocycles. The van der Waals surface area contributed by atoms with Gasteiger partial charge in [-0.15, -0.1) is 11.8 Å². The largest absolute Gasteiger partial charge is 0.383 e. The van der Waals surface area contributed by atoms with Gasteiger partial charge in [0, 0.05) is 28.1 Å². The van der Waals surface area contributed by atoms with E-state index < -0.39 is 0 Å². The fourth-order valence-corrected chi connectivity index (χ4v) is 3.88. The number of fused-ring (bicyclic) bond motifs is 1. The maximum absolute atomic E-state index is 6.16. The average Bonchev–Trinajstić information content (AvgIpc) is 2.83. The topological polar surface area (TPSA) is 12.0 Å². The van der Waals surface area contributed by atoms with Crippen molar-refractivity contribution in [1.29, 1.82) is 0 Å². The van der Waals surface area contributed by atoms with Crippen molar-refractivity contribution in [2.24, 2.45) is 0 Å². The molecule has 98 valence electrons. The molecule has 1 aliphatic rings. The Hall–Kier alpha value is -0.830. The minimum Gasteiger partial charge on any atom is -0.383 e. The molecule has 1 unspecified atom stereocenters. The Balaban J connectivity index is 1.72. The highest BCUT2D eigenvalue weighted by atomic mass is 35.5. The summed E-state index contributed by atoms with van der Waals surface area (Å²) in [6, 6.07) is 14.1. The molecule has 0 saturated heterocycles. The molecular weight excluding hydrogens is 297 g/mol. The average molecular weight is 310 g/mol. The Morgan fingerprint density at radius 3 is 2.89 bits per heavy atom. The quantitative estimate of drug-likeness (QED) is 0.826. The molecule has 1 N–H and O–H groups in total. The number of halogens is 2. The molecule has 2 aromatic rings. The molecule has 0 fully saturated rings. The highest BCUT2D eigenvalue weighted by Crippen LogP contribution is 2.39. The van der Waals surface area contributed by atoms with Gasteiger partial charge in [-0.05, 0) is 29.8 Å². The number of benzene rings is 2. The van der Waals surface area contributed by atoms with Crippen LogP contribution < -0.4 is 5.32 Å². The Kier molecular flexibility index (Phi) is 3.92. The van der Waals surface area contributed by atoms with E-state index in [9.17, 15) is 0 Å². The van der Waals surface area contributed by atoms with E-state index >= 15 is 0 Å². The summed E-state index contributed by atoms with van der Waals surface area (Å²) in [5, 5.41) is 4.82. The first kappa shape index (κ1) is 13.2. The van der Waals surface area contributed by atoms with Crippen LogP contribution in [0.4, 0.5) is 5.69 Å². The minimum atomic E-state index is 0.524. The molecule has 1 atom stereocenters. The molecule has 4 heteroatoms. The van der Waals surface area contributed by atoms with Gasteiger partial charge in [-0.25, -0.2) is 0 Å². The van der Waals surface area contributed by atoms with Crippen molar-refractivity contribution in [3.8, 4) is 0 Å². The van der Waals surface area contributed by atoms with Crippen molar-refractivity contribution in [1.82, 2.24) is 0 Å². The number of hydrogen-bond donors (Lipinski definition) is 1. The maximum Gasteiger partial charge on any atom is 0.0638 e. The highest BCUT2D eigenvalue weighted by molar-refractivity contribution is 7.99. The summed E-state index contributed by atoms with van der Waals surface area (Å²) < 4.78 is 0. The third-order valence-electron chi connectivity index (χ3n) is 3.27. The van der Waals surface area contributed by atoms with Crippen LogP contribution in [-0.2, 0) is 0 Å². The van der Waals surface area contributed by atoms with Crippen LogP contribution in [0.15, 0.2) is 47.4 Å². The number of thioether (sulfide) groups is 1. The number of anilines is 1. The third kappa shape index (κ3) is 2.86. The van der Waals surface area contributed by atoms with Gasteiger partial charge in [0.1, 0.15) is 0 Å². The van der Waals surface area contributed by atoms with E-state index in [0.717, 1.165) is 18.0 Å². The number of hydrogen-bond acceptors (Lipinski definition) is 2. The second-order valence-electron chi connectivity index (χ2n) is 4.55. The van der Waals surface area contributed by atoms with Crippen LogP contribution in [0.3, 0.4) is 0 Å². The van der Waals surface area contributed by atoms with E-state index in [2.05, 4.69) is 29.6 Å². The van der Waals surface area contributed by atoms with Gasteiger partial charge in [-0.1, -0.05) is 41.4 Å². The van der Waals surface area contributed by atoms with Crippen LogP contribution in [-0.4, -0.2) is 12.3 Å². The first-order valence-electron chi connectivity index (χ1n) is 6.14. The zero-order valence-corrected chi connectivity index (χ0v) is 12.5. The molecule has 0 amide bonds. The Morgan fingerprint density at radius 2 is 2.00 bits per heavy atom. The van der Waals surface area contributed by atoms with E-state index in [-0.39, 0.29) is 0 Å². The summed E-state index contributed by atoms with van der Waals surface area (Å²) in [6.07, 6.45) is 0. The Bertz CT molecular complexity index is 600. The zero-order valence-electron chi connectivity index (χ0n) is 10.2. The summed E-state index contributed by atoms with van der Waals surface area (Å²) >= 11 is 14.1. The normalized spacial score (nSPS) is 17.3. The molecule has 1 nitrogen and oxygen atoms in total. The van der Waals surface area contributed by atoms with Gasteiger partial charge in [0.25, 0.3) is 0 Å². The van der Waals surface area contributed by atoms with Crippen LogP contribution >= 0.6 is 35.0 Å². The molecule has 1 aliphatic heterocycles. The van der Waals surface area contributed by atoms with Gasteiger partial charge in [-0.2, -0.15) is 0 Å². The van der Waals surface area contributed by atoms with Crippen LogP contribution in [0.1, 0.15) is 11.5 Å². The van der Waals surface area contributed by atoms with Crippen LogP contribution in [0.5, 0.6) is 0 Å². The molecule has 0 spiro atoms. The molecule has 0 bridgehead atoms. The van der Waals surface area contributed by atoms with Crippen LogP contribution in [0.2, 0.25) is 10.0 Å². The second-order valence-corrected chi connectivity index (χ2v) is 6.46. The lowest BCUT2D eigenvalue weighted by atomic mass is 10.0. The fourth-order valence-electron chi connectivity index (χ4n) is 2.26. The van der Waals surface area contributed by atoms with Gasteiger partial charge in [0.05, 0.1) is 10.7 Å².